The highest BCUT2D eigenvalue weighted by Crippen LogP contribution is 2.56. The van der Waals surface area contributed by atoms with Gasteiger partial charge in [0, 0.05) is 23.8 Å². The molecule has 0 fully saturated rings. The van der Waals surface area contributed by atoms with Crippen molar-refractivity contribution in [1.29, 1.82) is 0 Å². The number of hydrogen-bond donors (Lipinski definition) is 1. The number of aliphatic hydroxyl groups excluding tert-OH is 1. The van der Waals surface area contributed by atoms with Gasteiger partial charge < -0.3 is 5.11 Å². The molecule has 96 valence electrons. The molecule has 0 heterocycles. The molecule has 0 amide bonds. The lowest BCUT2D eigenvalue weighted by Crippen LogP contribution is -2.30. The van der Waals surface area contributed by atoms with E-state index in [2.05, 4.69) is 0 Å². The van der Waals surface area contributed by atoms with Crippen LogP contribution in [0.15, 0.2) is 12.2 Å². The fraction of sp³-hybridized carbons (Fsp3) is 0.385. The number of benzene rings is 1. The molecule has 0 radical (unpaired) electrons. The summed E-state index contributed by atoms with van der Waals surface area (Å²) in [4.78, 5) is 0. The van der Waals surface area contributed by atoms with E-state index in [1.807, 2.05) is 0 Å². The highest BCUT2D eigenvalue weighted by Gasteiger charge is 2.48. The smallest absolute Gasteiger partial charge is 0.197 e. The van der Waals surface area contributed by atoms with Gasteiger partial charge in [0.15, 0.2) is 23.3 Å². The molecule has 1 aromatic carbocycles. The van der Waals surface area contributed by atoms with E-state index in [4.69, 9.17) is 1.37 Å². The predicted molar refractivity (Wildman–Crippen MR) is 55.8 cm³/mol. The minimum atomic E-state index is -1.93. The molecular formula is C13H10F4O. The molecule has 0 saturated heterocycles. The minimum Gasteiger partial charge on any atom is -0.387 e. The van der Waals surface area contributed by atoms with Crippen LogP contribution in [0.2, 0.25) is 0 Å². The standard InChI is InChI=1S/C13H10F4O/c1-13-3-2-5(4-13)6-7(12(13)18)9(15)11(17)10(16)8(6)14/h2-3,5,12,18H,4H2,1H3/i4D. The molecule has 0 aliphatic heterocycles. The summed E-state index contributed by atoms with van der Waals surface area (Å²) >= 11 is 0. The van der Waals surface area contributed by atoms with E-state index in [0.29, 0.717) is 0 Å². The number of hydrogen-bond acceptors (Lipinski definition) is 1. The van der Waals surface area contributed by atoms with E-state index >= 15 is 0 Å². The topological polar surface area (TPSA) is 20.2 Å². The summed E-state index contributed by atoms with van der Waals surface area (Å²) < 4.78 is 62.2. The van der Waals surface area contributed by atoms with Crippen LogP contribution >= 0.6 is 0 Å². The van der Waals surface area contributed by atoms with Crippen LogP contribution in [0.4, 0.5) is 17.6 Å². The SMILES string of the molecule is [2H]C1C2C=CC1(C)C(O)c1c(F)c(F)c(F)c(F)c12. The zero-order valence-corrected chi connectivity index (χ0v) is 9.35. The second-order valence-corrected chi connectivity index (χ2v) is 4.90. The first kappa shape index (κ1) is 10.6. The second kappa shape index (κ2) is 3.35. The van der Waals surface area contributed by atoms with Crippen LogP contribution in [0.3, 0.4) is 0 Å². The molecule has 18 heavy (non-hydrogen) atoms. The van der Waals surface area contributed by atoms with Gasteiger partial charge in [-0.3, -0.25) is 0 Å². The largest absolute Gasteiger partial charge is 0.387 e. The molecular weight excluding hydrogens is 248 g/mol. The third-order valence-corrected chi connectivity index (χ3v) is 3.74. The van der Waals surface area contributed by atoms with Gasteiger partial charge in [-0.25, -0.2) is 17.6 Å². The molecule has 2 aliphatic rings. The molecule has 0 saturated carbocycles. The molecule has 5 heteroatoms. The lowest BCUT2D eigenvalue weighted by Gasteiger charge is -2.36. The number of fused-ring (bicyclic) bond motifs is 4. The molecule has 0 aromatic heterocycles. The summed E-state index contributed by atoms with van der Waals surface area (Å²) in [6, 6.07) is 0. The summed E-state index contributed by atoms with van der Waals surface area (Å²) in [5.74, 6) is -7.81. The highest BCUT2D eigenvalue weighted by molar-refractivity contribution is 5.46. The van der Waals surface area contributed by atoms with Gasteiger partial charge in [0.1, 0.15) is 0 Å². The van der Waals surface area contributed by atoms with E-state index in [1.54, 1.807) is 0 Å². The zero-order valence-electron chi connectivity index (χ0n) is 10.3. The van der Waals surface area contributed by atoms with E-state index in [9.17, 15) is 22.7 Å². The van der Waals surface area contributed by atoms with Crippen LogP contribution in [-0.4, -0.2) is 5.11 Å². The first-order chi connectivity index (χ1) is 8.80. The van der Waals surface area contributed by atoms with Gasteiger partial charge in [-0.15, -0.1) is 0 Å². The summed E-state index contributed by atoms with van der Waals surface area (Å²) in [7, 11) is 0. The Bertz CT molecular complexity index is 615. The summed E-state index contributed by atoms with van der Waals surface area (Å²) in [6.45, 7) is 1.51. The van der Waals surface area contributed by atoms with Crippen molar-refractivity contribution in [2.45, 2.75) is 25.3 Å². The molecule has 2 bridgehead atoms. The Balaban J connectivity index is 2.40. The van der Waals surface area contributed by atoms with Crippen molar-refractivity contribution in [1.82, 2.24) is 0 Å². The average molecular weight is 259 g/mol. The van der Waals surface area contributed by atoms with Crippen molar-refractivity contribution >= 4 is 0 Å². The maximum atomic E-state index is 13.8. The van der Waals surface area contributed by atoms with Crippen LogP contribution in [0.5, 0.6) is 0 Å². The van der Waals surface area contributed by atoms with Gasteiger partial charge >= 0.3 is 0 Å². The van der Waals surface area contributed by atoms with Gasteiger partial charge in [0.25, 0.3) is 0 Å². The first-order valence-corrected chi connectivity index (χ1v) is 5.46. The summed E-state index contributed by atoms with van der Waals surface area (Å²) in [5, 5.41) is 10.1. The predicted octanol–water partition coefficient (Wildman–Crippen LogP) is 3.34. The molecule has 3 rings (SSSR count). The molecule has 4 unspecified atom stereocenters. The Morgan fingerprint density at radius 2 is 1.72 bits per heavy atom. The second-order valence-electron chi connectivity index (χ2n) is 4.90. The zero-order chi connectivity index (χ0) is 14.1. The van der Waals surface area contributed by atoms with E-state index < -0.39 is 58.2 Å². The lowest BCUT2D eigenvalue weighted by atomic mass is 9.70. The van der Waals surface area contributed by atoms with E-state index in [0.717, 1.165) is 0 Å². The fourth-order valence-electron chi connectivity index (χ4n) is 2.74. The molecule has 4 atom stereocenters. The molecule has 1 N–H and O–H groups in total. The fourth-order valence-corrected chi connectivity index (χ4v) is 2.74. The Labute approximate surface area is 102 Å². The number of halogens is 4. The van der Waals surface area contributed by atoms with Crippen LogP contribution in [0.25, 0.3) is 0 Å². The normalized spacial score (nSPS) is 37.7. The van der Waals surface area contributed by atoms with Crippen LogP contribution in [0.1, 0.15) is 37.8 Å². The lowest BCUT2D eigenvalue weighted by molar-refractivity contribution is 0.0524. The molecule has 1 nitrogen and oxygen atoms in total. The average Bonchev–Trinajstić information content (AvgIpc) is 2.61. The Kier molecular flexibility index (Phi) is 1.96. The van der Waals surface area contributed by atoms with Crippen molar-refractivity contribution in [2.24, 2.45) is 5.41 Å². The minimum absolute atomic E-state index is 0.449. The number of rotatable bonds is 0. The summed E-state index contributed by atoms with van der Waals surface area (Å²) in [6.07, 6.45) is 0.375. The van der Waals surface area contributed by atoms with Gasteiger partial charge in [0.05, 0.1) is 6.10 Å². The van der Waals surface area contributed by atoms with Crippen LogP contribution in [0, 0.1) is 28.7 Å². The Morgan fingerprint density at radius 1 is 1.17 bits per heavy atom. The van der Waals surface area contributed by atoms with Gasteiger partial charge in [-0.05, 0) is 6.40 Å². The van der Waals surface area contributed by atoms with Gasteiger partial charge in [0.2, 0.25) is 0 Å². The van der Waals surface area contributed by atoms with Crippen molar-refractivity contribution in [3.63, 3.8) is 0 Å². The first-order valence-electron chi connectivity index (χ1n) is 6.03. The van der Waals surface area contributed by atoms with Gasteiger partial charge in [-0.1, -0.05) is 19.1 Å². The monoisotopic (exact) mass is 259 g/mol. The Morgan fingerprint density at radius 3 is 2.33 bits per heavy atom. The van der Waals surface area contributed by atoms with Crippen LogP contribution in [-0.2, 0) is 0 Å². The van der Waals surface area contributed by atoms with Crippen LogP contribution < -0.4 is 0 Å². The van der Waals surface area contributed by atoms with Crippen molar-refractivity contribution < 1.29 is 24.0 Å². The molecule has 1 aromatic rings. The highest BCUT2D eigenvalue weighted by atomic mass is 19.2. The molecule has 2 aliphatic carbocycles. The Hall–Kier alpha value is -1.36. The van der Waals surface area contributed by atoms with Crippen molar-refractivity contribution in [2.75, 3.05) is 0 Å². The number of allylic oxidation sites excluding steroid dienone is 1. The van der Waals surface area contributed by atoms with Crippen molar-refractivity contribution in [3.05, 3.63) is 46.5 Å². The van der Waals surface area contributed by atoms with E-state index in [1.165, 1.54) is 19.1 Å². The van der Waals surface area contributed by atoms with Gasteiger partial charge in [-0.2, -0.15) is 0 Å². The third-order valence-electron chi connectivity index (χ3n) is 3.74. The maximum Gasteiger partial charge on any atom is 0.197 e. The maximum absolute atomic E-state index is 13.8. The number of aliphatic hydroxyl groups is 1. The van der Waals surface area contributed by atoms with Crippen molar-refractivity contribution in [3.8, 4) is 0 Å². The third kappa shape index (κ3) is 1.20. The summed E-state index contributed by atoms with van der Waals surface area (Å²) in [5.41, 5.74) is -2.15. The quantitative estimate of drug-likeness (QED) is 0.328. The molecule has 0 spiro atoms. The van der Waals surface area contributed by atoms with E-state index in [-0.39, 0.29) is 0 Å².